The van der Waals surface area contributed by atoms with Gasteiger partial charge in [0.25, 0.3) is 0 Å². The lowest BCUT2D eigenvalue weighted by atomic mass is 10.1. The lowest BCUT2D eigenvalue weighted by Gasteiger charge is -2.07. The van der Waals surface area contributed by atoms with Crippen LogP contribution < -0.4 is 10.1 Å². The molecule has 134 valence electrons. The van der Waals surface area contributed by atoms with E-state index in [9.17, 15) is 4.79 Å². The lowest BCUT2D eigenvalue weighted by Crippen LogP contribution is -2.14. The molecule has 3 aromatic rings. The zero-order valence-electron chi connectivity index (χ0n) is 14.2. The number of hydrogen-bond acceptors (Lipinski definition) is 4. The fraction of sp³-hybridized carbons (Fsp3) is 0.158. The Balaban J connectivity index is 1.69. The molecule has 0 aliphatic carbocycles. The Bertz CT molecular complexity index is 956. The normalized spacial score (nSPS) is 10.6. The molecule has 2 aromatic carbocycles. The van der Waals surface area contributed by atoms with Crippen molar-refractivity contribution in [2.45, 2.75) is 13.3 Å². The molecule has 0 unspecified atom stereocenters. The number of methoxy groups -OCH3 is 1. The largest absolute Gasteiger partial charge is 0.496 e. The number of thiazole rings is 1. The minimum Gasteiger partial charge on any atom is -0.496 e. The summed E-state index contributed by atoms with van der Waals surface area (Å²) in [7, 11) is 1.63. The topological polar surface area (TPSA) is 51.2 Å². The maximum absolute atomic E-state index is 12.3. The number of carbonyl (C=O) groups is 1. The quantitative estimate of drug-likeness (QED) is 0.598. The monoisotopic (exact) mass is 406 g/mol. The van der Waals surface area contributed by atoms with Gasteiger partial charge in [0.15, 0.2) is 5.13 Å². The van der Waals surface area contributed by atoms with Gasteiger partial charge in [-0.3, -0.25) is 4.79 Å². The number of carbonyl (C=O) groups excluding carboxylic acids is 1. The van der Waals surface area contributed by atoms with Crippen molar-refractivity contribution in [3.05, 3.63) is 63.0 Å². The molecule has 1 amide bonds. The summed E-state index contributed by atoms with van der Waals surface area (Å²) in [6.45, 7) is 1.95. The van der Waals surface area contributed by atoms with Gasteiger partial charge in [0.2, 0.25) is 5.91 Å². The fourth-order valence-electron chi connectivity index (χ4n) is 2.55. The molecule has 0 atom stereocenters. The van der Waals surface area contributed by atoms with Crippen LogP contribution in [0.2, 0.25) is 10.0 Å². The number of ether oxygens (including phenoxy) is 1. The van der Waals surface area contributed by atoms with Gasteiger partial charge in [-0.25, -0.2) is 4.98 Å². The number of hydrogen-bond donors (Lipinski definition) is 1. The molecule has 0 spiro atoms. The molecular formula is C19H16Cl2N2O2S. The van der Waals surface area contributed by atoms with E-state index in [1.54, 1.807) is 19.2 Å². The second kappa shape index (κ2) is 8.08. The molecule has 1 heterocycles. The molecule has 0 aliphatic rings. The van der Waals surface area contributed by atoms with E-state index in [4.69, 9.17) is 27.9 Å². The summed E-state index contributed by atoms with van der Waals surface area (Å²) in [5.74, 6) is 0.677. The van der Waals surface area contributed by atoms with Crippen LogP contribution in [0.3, 0.4) is 0 Å². The third kappa shape index (κ3) is 4.36. The van der Waals surface area contributed by atoms with Crippen molar-refractivity contribution >= 4 is 45.6 Å². The highest BCUT2D eigenvalue weighted by Gasteiger charge is 2.12. The molecule has 0 radical (unpaired) electrons. The number of aryl methyl sites for hydroxylation is 1. The van der Waals surface area contributed by atoms with Gasteiger partial charge in [-0.1, -0.05) is 35.3 Å². The summed E-state index contributed by atoms with van der Waals surface area (Å²) in [5, 5.41) is 6.30. The smallest absolute Gasteiger partial charge is 0.230 e. The molecular weight excluding hydrogens is 391 g/mol. The number of anilines is 1. The van der Waals surface area contributed by atoms with Crippen molar-refractivity contribution in [1.82, 2.24) is 4.98 Å². The van der Waals surface area contributed by atoms with E-state index in [1.807, 2.05) is 36.6 Å². The van der Waals surface area contributed by atoms with Gasteiger partial charge >= 0.3 is 0 Å². The summed E-state index contributed by atoms with van der Waals surface area (Å²) >= 11 is 13.5. The maximum atomic E-state index is 12.3. The highest BCUT2D eigenvalue weighted by molar-refractivity contribution is 7.14. The van der Waals surface area contributed by atoms with Crippen molar-refractivity contribution in [2.75, 3.05) is 12.4 Å². The fourth-order valence-corrected chi connectivity index (χ4v) is 3.78. The third-order valence-corrected chi connectivity index (χ3v) is 5.09. The van der Waals surface area contributed by atoms with Crippen molar-refractivity contribution in [1.29, 1.82) is 0 Å². The van der Waals surface area contributed by atoms with Gasteiger partial charge in [0.05, 0.1) is 24.2 Å². The Hall–Kier alpha value is -2.08. The average Bonchev–Trinajstić information content (AvgIpc) is 3.03. The number of nitrogens with one attached hydrogen (secondary N) is 1. The molecule has 0 bridgehead atoms. The second-order valence-electron chi connectivity index (χ2n) is 5.69. The van der Waals surface area contributed by atoms with Gasteiger partial charge in [-0.2, -0.15) is 0 Å². The van der Waals surface area contributed by atoms with Crippen LogP contribution in [0.4, 0.5) is 5.13 Å². The molecule has 0 aliphatic heterocycles. The highest BCUT2D eigenvalue weighted by Crippen LogP contribution is 2.32. The zero-order chi connectivity index (χ0) is 18.7. The highest BCUT2D eigenvalue weighted by atomic mass is 35.5. The Kier molecular flexibility index (Phi) is 5.81. The van der Waals surface area contributed by atoms with E-state index in [2.05, 4.69) is 10.3 Å². The number of aromatic nitrogens is 1. The minimum atomic E-state index is -0.127. The van der Waals surface area contributed by atoms with E-state index >= 15 is 0 Å². The first-order valence-electron chi connectivity index (χ1n) is 7.80. The van der Waals surface area contributed by atoms with Crippen LogP contribution in [0.15, 0.2) is 41.8 Å². The van der Waals surface area contributed by atoms with Crippen LogP contribution in [-0.2, 0) is 11.2 Å². The Morgan fingerprint density at radius 3 is 2.73 bits per heavy atom. The summed E-state index contributed by atoms with van der Waals surface area (Å²) in [5.41, 5.74) is 3.39. The van der Waals surface area contributed by atoms with Gasteiger partial charge < -0.3 is 10.1 Å². The summed E-state index contributed by atoms with van der Waals surface area (Å²) < 4.78 is 5.23. The number of halogens is 2. The number of benzene rings is 2. The van der Waals surface area contributed by atoms with Crippen LogP contribution in [0.25, 0.3) is 11.3 Å². The summed E-state index contributed by atoms with van der Waals surface area (Å²) in [4.78, 5) is 16.7. The van der Waals surface area contributed by atoms with E-state index in [-0.39, 0.29) is 12.3 Å². The molecule has 4 nitrogen and oxygen atoms in total. The average molecular weight is 407 g/mol. The van der Waals surface area contributed by atoms with Crippen molar-refractivity contribution in [2.24, 2.45) is 0 Å². The van der Waals surface area contributed by atoms with Crippen LogP contribution in [-0.4, -0.2) is 18.0 Å². The minimum absolute atomic E-state index is 0.127. The van der Waals surface area contributed by atoms with Crippen molar-refractivity contribution in [3.63, 3.8) is 0 Å². The lowest BCUT2D eigenvalue weighted by molar-refractivity contribution is -0.115. The Labute approximate surface area is 165 Å². The first-order chi connectivity index (χ1) is 12.5. The van der Waals surface area contributed by atoms with Crippen molar-refractivity contribution < 1.29 is 9.53 Å². The van der Waals surface area contributed by atoms with Crippen LogP contribution >= 0.6 is 34.5 Å². The number of nitrogens with zero attached hydrogens (tertiary/aromatic N) is 1. The standard InChI is InChI=1S/C19H16Cl2N2O2S/c1-11-7-12(3-6-17(11)25-2)8-18(24)23-19-22-16(10-26-19)14-5-4-13(20)9-15(14)21/h3-7,9-10H,8H2,1-2H3,(H,22,23,24). The Morgan fingerprint density at radius 1 is 1.23 bits per heavy atom. The van der Waals surface area contributed by atoms with Gasteiger partial charge in [-0.15, -0.1) is 11.3 Å². The van der Waals surface area contributed by atoms with E-state index in [1.165, 1.54) is 11.3 Å². The van der Waals surface area contributed by atoms with Crippen molar-refractivity contribution in [3.8, 4) is 17.0 Å². The van der Waals surface area contributed by atoms with Crippen LogP contribution in [0.1, 0.15) is 11.1 Å². The molecule has 0 saturated carbocycles. The predicted octanol–water partition coefficient (Wildman–Crippen LogP) is 5.62. The number of rotatable bonds is 5. The SMILES string of the molecule is COc1ccc(CC(=O)Nc2nc(-c3ccc(Cl)cc3Cl)cs2)cc1C. The van der Waals surface area contributed by atoms with E-state index in [0.717, 1.165) is 22.4 Å². The molecule has 0 fully saturated rings. The molecule has 3 rings (SSSR count). The first kappa shape index (κ1) is 18.7. The molecule has 7 heteroatoms. The second-order valence-corrected chi connectivity index (χ2v) is 7.39. The van der Waals surface area contributed by atoms with Gasteiger partial charge in [0.1, 0.15) is 5.75 Å². The van der Waals surface area contributed by atoms with E-state index < -0.39 is 0 Å². The van der Waals surface area contributed by atoms with Gasteiger partial charge in [0, 0.05) is 16.0 Å². The molecule has 0 saturated heterocycles. The Morgan fingerprint density at radius 2 is 2.04 bits per heavy atom. The molecule has 26 heavy (non-hydrogen) atoms. The summed E-state index contributed by atoms with van der Waals surface area (Å²) in [6, 6.07) is 10.9. The van der Waals surface area contributed by atoms with Gasteiger partial charge in [-0.05, 0) is 42.3 Å². The number of amides is 1. The van der Waals surface area contributed by atoms with Crippen LogP contribution in [0, 0.1) is 6.92 Å². The van der Waals surface area contributed by atoms with Crippen LogP contribution in [0.5, 0.6) is 5.75 Å². The zero-order valence-corrected chi connectivity index (χ0v) is 16.5. The molecule has 1 aromatic heterocycles. The van der Waals surface area contributed by atoms with E-state index in [0.29, 0.717) is 20.9 Å². The third-order valence-electron chi connectivity index (χ3n) is 3.78. The summed E-state index contributed by atoms with van der Waals surface area (Å²) in [6.07, 6.45) is 0.265. The predicted molar refractivity (Wildman–Crippen MR) is 108 cm³/mol. The first-order valence-corrected chi connectivity index (χ1v) is 9.44. The maximum Gasteiger partial charge on any atom is 0.230 e. The molecule has 1 N–H and O–H groups in total.